The second-order valence-corrected chi connectivity index (χ2v) is 4.68. The summed E-state index contributed by atoms with van der Waals surface area (Å²) in [5, 5.41) is 8.93. The number of hydrogen-bond donors (Lipinski definition) is 1. The molecule has 1 N–H and O–H groups in total. The van der Waals surface area contributed by atoms with Crippen molar-refractivity contribution in [3.8, 4) is 0 Å². The minimum atomic E-state index is -1.03. The van der Waals surface area contributed by atoms with E-state index in [9.17, 15) is 9.59 Å². The highest BCUT2D eigenvalue weighted by Crippen LogP contribution is 2.16. The van der Waals surface area contributed by atoms with Gasteiger partial charge in [0.2, 0.25) is 0 Å². The molecular formula is C14H16N2O3. The molecule has 1 aliphatic rings. The van der Waals surface area contributed by atoms with Crippen LogP contribution in [0, 0.1) is 6.92 Å². The maximum Gasteiger partial charge on any atom is 0.337 e. The first-order valence-corrected chi connectivity index (χ1v) is 6.16. The number of hydrogen-bond acceptors (Lipinski definition) is 3. The fraction of sp³-hybridized carbons (Fsp3) is 0.357. The van der Waals surface area contributed by atoms with Gasteiger partial charge in [-0.25, -0.2) is 9.78 Å². The van der Waals surface area contributed by atoms with Crippen molar-refractivity contribution >= 4 is 11.9 Å². The van der Waals surface area contributed by atoms with Crippen LogP contribution in [0.1, 0.15) is 39.4 Å². The molecule has 1 fully saturated rings. The number of carboxylic acids is 1. The van der Waals surface area contributed by atoms with Crippen LogP contribution in [-0.2, 0) is 0 Å². The SMILES string of the molecule is C=C1CCN(C(=O)c2ccc(C(=O)O)c(C)n2)CC1. The minimum absolute atomic E-state index is 0.128. The molecule has 1 aromatic rings. The third-order valence-corrected chi connectivity index (χ3v) is 3.29. The molecule has 19 heavy (non-hydrogen) atoms. The smallest absolute Gasteiger partial charge is 0.337 e. The molecule has 1 saturated heterocycles. The maximum absolute atomic E-state index is 12.2. The molecule has 5 heteroatoms. The summed E-state index contributed by atoms with van der Waals surface area (Å²) in [5.74, 6) is -1.18. The first-order chi connectivity index (χ1) is 8.99. The third-order valence-electron chi connectivity index (χ3n) is 3.29. The number of carboxylic acid groups (broad SMARTS) is 1. The molecule has 0 bridgehead atoms. The number of amides is 1. The molecule has 100 valence electrons. The minimum Gasteiger partial charge on any atom is -0.478 e. The average molecular weight is 260 g/mol. The number of carbonyl (C=O) groups excluding carboxylic acids is 1. The van der Waals surface area contributed by atoms with Gasteiger partial charge in [-0.3, -0.25) is 4.79 Å². The van der Waals surface area contributed by atoms with E-state index >= 15 is 0 Å². The van der Waals surface area contributed by atoms with Crippen molar-refractivity contribution in [3.63, 3.8) is 0 Å². The van der Waals surface area contributed by atoms with Crippen LogP contribution >= 0.6 is 0 Å². The van der Waals surface area contributed by atoms with Gasteiger partial charge in [0.1, 0.15) is 5.69 Å². The average Bonchev–Trinajstić information content (AvgIpc) is 2.38. The van der Waals surface area contributed by atoms with E-state index in [1.165, 1.54) is 12.1 Å². The van der Waals surface area contributed by atoms with Crippen LogP contribution in [0.5, 0.6) is 0 Å². The van der Waals surface area contributed by atoms with Crippen molar-refractivity contribution in [1.29, 1.82) is 0 Å². The Labute approximate surface area is 111 Å². The number of pyridine rings is 1. The standard InChI is InChI=1S/C14H16N2O3/c1-9-5-7-16(8-6-9)13(17)12-4-3-11(14(18)19)10(2)15-12/h3-4H,1,5-8H2,2H3,(H,18,19). The summed E-state index contributed by atoms with van der Waals surface area (Å²) in [7, 11) is 0. The van der Waals surface area contributed by atoms with Crippen LogP contribution in [0.2, 0.25) is 0 Å². The molecule has 0 spiro atoms. The van der Waals surface area contributed by atoms with E-state index in [0.29, 0.717) is 24.5 Å². The summed E-state index contributed by atoms with van der Waals surface area (Å²) in [6.45, 7) is 6.81. The van der Waals surface area contributed by atoms with E-state index in [-0.39, 0.29) is 11.5 Å². The number of nitrogens with zero attached hydrogens (tertiary/aromatic N) is 2. The van der Waals surface area contributed by atoms with Crippen LogP contribution in [0.15, 0.2) is 24.3 Å². The fourth-order valence-electron chi connectivity index (χ4n) is 2.09. The van der Waals surface area contributed by atoms with Gasteiger partial charge in [0.25, 0.3) is 5.91 Å². The van der Waals surface area contributed by atoms with Gasteiger partial charge in [0.05, 0.1) is 11.3 Å². The Morgan fingerprint density at radius 1 is 1.32 bits per heavy atom. The predicted octanol–water partition coefficient (Wildman–Crippen LogP) is 1.88. The van der Waals surface area contributed by atoms with E-state index in [4.69, 9.17) is 5.11 Å². The Morgan fingerprint density at radius 3 is 2.47 bits per heavy atom. The Morgan fingerprint density at radius 2 is 1.95 bits per heavy atom. The van der Waals surface area contributed by atoms with E-state index in [2.05, 4.69) is 11.6 Å². The van der Waals surface area contributed by atoms with Gasteiger partial charge in [-0.05, 0) is 31.9 Å². The molecule has 0 radical (unpaired) electrons. The zero-order valence-electron chi connectivity index (χ0n) is 10.8. The molecule has 0 aromatic carbocycles. The zero-order valence-corrected chi connectivity index (χ0v) is 10.8. The van der Waals surface area contributed by atoms with Gasteiger partial charge in [-0.1, -0.05) is 12.2 Å². The lowest BCUT2D eigenvalue weighted by molar-refractivity contribution is 0.0690. The quantitative estimate of drug-likeness (QED) is 0.824. The number of piperidine rings is 1. The molecule has 0 aliphatic carbocycles. The number of carbonyl (C=O) groups is 2. The fourth-order valence-corrected chi connectivity index (χ4v) is 2.09. The Balaban J connectivity index is 2.18. The Kier molecular flexibility index (Phi) is 3.64. The van der Waals surface area contributed by atoms with Gasteiger partial charge in [0.15, 0.2) is 0 Å². The van der Waals surface area contributed by atoms with E-state index in [1.54, 1.807) is 11.8 Å². The summed E-state index contributed by atoms with van der Waals surface area (Å²) in [6.07, 6.45) is 1.63. The second-order valence-electron chi connectivity index (χ2n) is 4.68. The second kappa shape index (κ2) is 5.22. The molecule has 0 atom stereocenters. The highest BCUT2D eigenvalue weighted by Gasteiger charge is 2.21. The monoisotopic (exact) mass is 260 g/mol. The number of aryl methyl sites for hydroxylation is 1. The van der Waals surface area contributed by atoms with Crippen molar-refractivity contribution in [2.24, 2.45) is 0 Å². The lowest BCUT2D eigenvalue weighted by Crippen LogP contribution is -2.36. The normalized spacial score (nSPS) is 15.4. The van der Waals surface area contributed by atoms with Gasteiger partial charge >= 0.3 is 5.97 Å². The van der Waals surface area contributed by atoms with Crippen LogP contribution < -0.4 is 0 Å². The lowest BCUT2D eigenvalue weighted by Gasteiger charge is -2.27. The number of rotatable bonds is 2. The summed E-state index contributed by atoms with van der Waals surface area (Å²) in [6, 6.07) is 2.91. The number of likely N-dealkylation sites (tertiary alicyclic amines) is 1. The maximum atomic E-state index is 12.2. The molecular weight excluding hydrogens is 244 g/mol. The summed E-state index contributed by atoms with van der Waals surface area (Å²) >= 11 is 0. The number of aromatic nitrogens is 1. The van der Waals surface area contributed by atoms with Crippen LogP contribution in [0.25, 0.3) is 0 Å². The molecule has 1 aliphatic heterocycles. The summed E-state index contributed by atoms with van der Waals surface area (Å²) in [5.41, 5.74) is 1.95. The van der Waals surface area contributed by atoms with Crippen LogP contribution in [0.4, 0.5) is 0 Å². The van der Waals surface area contributed by atoms with Crippen molar-refractivity contribution < 1.29 is 14.7 Å². The largest absolute Gasteiger partial charge is 0.478 e. The lowest BCUT2D eigenvalue weighted by atomic mass is 10.1. The molecule has 1 amide bonds. The molecule has 0 saturated carbocycles. The van der Waals surface area contributed by atoms with Crippen molar-refractivity contribution in [2.75, 3.05) is 13.1 Å². The summed E-state index contributed by atoms with van der Waals surface area (Å²) < 4.78 is 0. The highest BCUT2D eigenvalue weighted by atomic mass is 16.4. The Bertz CT molecular complexity index is 542. The molecule has 2 heterocycles. The van der Waals surface area contributed by atoms with Gasteiger partial charge in [0, 0.05) is 13.1 Å². The van der Waals surface area contributed by atoms with E-state index in [1.807, 2.05) is 0 Å². The van der Waals surface area contributed by atoms with Crippen LogP contribution in [0.3, 0.4) is 0 Å². The molecule has 1 aromatic heterocycles. The van der Waals surface area contributed by atoms with Crippen LogP contribution in [-0.4, -0.2) is 40.0 Å². The first kappa shape index (κ1) is 13.3. The predicted molar refractivity (Wildman–Crippen MR) is 70.2 cm³/mol. The van der Waals surface area contributed by atoms with Gasteiger partial charge < -0.3 is 10.0 Å². The van der Waals surface area contributed by atoms with Gasteiger partial charge in [-0.15, -0.1) is 0 Å². The number of aromatic carboxylic acids is 1. The van der Waals surface area contributed by atoms with E-state index < -0.39 is 5.97 Å². The summed E-state index contributed by atoms with van der Waals surface area (Å²) in [4.78, 5) is 28.9. The third kappa shape index (κ3) is 2.81. The highest BCUT2D eigenvalue weighted by molar-refractivity contribution is 5.94. The first-order valence-electron chi connectivity index (χ1n) is 6.16. The van der Waals surface area contributed by atoms with Crippen molar-refractivity contribution in [3.05, 3.63) is 41.2 Å². The zero-order chi connectivity index (χ0) is 14.0. The van der Waals surface area contributed by atoms with Gasteiger partial charge in [-0.2, -0.15) is 0 Å². The molecule has 0 unspecified atom stereocenters. The molecule has 2 rings (SSSR count). The Hall–Kier alpha value is -2.17. The molecule has 5 nitrogen and oxygen atoms in total. The topological polar surface area (TPSA) is 70.5 Å². The van der Waals surface area contributed by atoms with Crippen molar-refractivity contribution in [2.45, 2.75) is 19.8 Å². The van der Waals surface area contributed by atoms with Crippen molar-refractivity contribution in [1.82, 2.24) is 9.88 Å². The van der Waals surface area contributed by atoms with E-state index in [0.717, 1.165) is 18.4 Å².